The number of rotatable bonds is 12. The van der Waals surface area contributed by atoms with E-state index in [1.165, 1.54) is 18.2 Å². The molecule has 8 nitrogen and oxygen atoms in total. The zero-order valence-electron chi connectivity index (χ0n) is 25.4. The third kappa shape index (κ3) is 9.01. The molecule has 0 fully saturated rings. The average Bonchev–Trinajstić information content (AvgIpc) is 3.35. The zero-order chi connectivity index (χ0) is 31.8. The second-order valence-corrected chi connectivity index (χ2v) is 10.7. The summed E-state index contributed by atoms with van der Waals surface area (Å²) in [4.78, 5) is 25.0. The molecule has 0 saturated heterocycles. The first kappa shape index (κ1) is 35.4. The fraction of sp³-hybridized carbons (Fsp3) is 0.229. The van der Waals surface area contributed by atoms with Gasteiger partial charge >= 0.3 is 29.6 Å². The van der Waals surface area contributed by atoms with Gasteiger partial charge in [-0.1, -0.05) is 60.7 Å². The third-order valence-electron chi connectivity index (χ3n) is 7.10. The van der Waals surface area contributed by atoms with Gasteiger partial charge in [0.25, 0.3) is 5.91 Å². The number of aliphatic hydroxyl groups excluding tert-OH is 2. The van der Waals surface area contributed by atoms with Crippen molar-refractivity contribution < 1.29 is 58.9 Å². The van der Waals surface area contributed by atoms with Gasteiger partial charge in [0.2, 0.25) is 0 Å². The number of aliphatic carboxylic acids is 1. The predicted octanol–water partition coefficient (Wildman–Crippen LogP) is 1.61. The van der Waals surface area contributed by atoms with Crippen molar-refractivity contribution in [1.82, 2.24) is 9.88 Å². The van der Waals surface area contributed by atoms with Crippen LogP contribution in [0.4, 0.5) is 4.39 Å². The van der Waals surface area contributed by atoms with E-state index in [0.717, 1.165) is 11.1 Å². The van der Waals surface area contributed by atoms with Crippen LogP contribution in [0.1, 0.15) is 60.0 Å². The number of aliphatic hydroxyl groups is 2. The summed E-state index contributed by atoms with van der Waals surface area (Å²) >= 11 is 0. The molecule has 4 rings (SSSR count). The molecular weight excluding hydrogens is 584 g/mol. The smallest absolute Gasteiger partial charge is 0.550 e. The number of carbonyl (C=O) groups excluding carboxylic acids is 2. The number of carboxylic acid groups (broad SMARTS) is 1. The van der Waals surface area contributed by atoms with Gasteiger partial charge < -0.3 is 30.0 Å². The van der Waals surface area contributed by atoms with Gasteiger partial charge in [0.1, 0.15) is 11.5 Å². The molecule has 45 heavy (non-hydrogen) atoms. The van der Waals surface area contributed by atoms with Gasteiger partial charge in [0.15, 0.2) is 0 Å². The summed E-state index contributed by atoms with van der Waals surface area (Å²) in [5.41, 5.74) is 4.84. The largest absolute Gasteiger partial charge is 1.00 e. The topological polar surface area (TPSA) is 138 Å². The molecule has 0 aliphatic rings. The van der Waals surface area contributed by atoms with Crippen LogP contribution in [0.15, 0.2) is 84.9 Å². The van der Waals surface area contributed by atoms with Gasteiger partial charge in [-0.2, -0.15) is 5.26 Å². The molecule has 3 N–H and O–H groups in total. The number of nitrogens with zero attached hydrogens (tertiary/aromatic N) is 2. The van der Waals surface area contributed by atoms with E-state index < -0.39 is 30.4 Å². The van der Waals surface area contributed by atoms with E-state index in [0.29, 0.717) is 33.6 Å². The fourth-order valence-electron chi connectivity index (χ4n) is 5.12. The molecule has 0 bridgehead atoms. The van der Waals surface area contributed by atoms with Crippen LogP contribution in [0.2, 0.25) is 0 Å². The molecule has 0 spiro atoms. The van der Waals surface area contributed by atoms with Gasteiger partial charge in [0.05, 0.1) is 23.8 Å². The molecule has 1 amide bonds. The Bertz CT molecular complexity index is 1680. The van der Waals surface area contributed by atoms with Crippen LogP contribution < -0.4 is 40.0 Å². The van der Waals surface area contributed by atoms with Crippen molar-refractivity contribution in [3.8, 4) is 28.3 Å². The quantitative estimate of drug-likeness (QED) is 0.207. The van der Waals surface area contributed by atoms with Crippen molar-refractivity contribution in [2.24, 2.45) is 0 Å². The van der Waals surface area contributed by atoms with E-state index in [4.69, 9.17) is 5.26 Å². The number of hydrogen-bond acceptors (Lipinski definition) is 6. The van der Waals surface area contributed by atoms with Crippen molar-refractivity contribution in [2.75, 3.05) is 0 Å². The Balaban J connectivity index is 0.00000552. The Hall–Kier alpha value is -4.04. The molecule has 226 valence electrons. The summed E-state index contributed by atoms with van der Waals surface area (Å²) in [6.07, 6.45) is -0.282. The van der Waals surface area contributed by atoms with Crippen molar-refractivity contribution >= 4 is 18.0 Å². The standard InChI is InChI=1S/C35H34FN3O5.Na/c1-22(2)39-30(17-16-28(40)18-29(41)19-31(42)43)32(26-12-14-27(36)15-13-26)33(25-6-4-3-5-7-25)34(39)35(44)38-21-24-10-8-23(20-37)9-11-24;/h3-17,22,28-29,40-41H,18-19,21H2,1-2H3,(H,38,44)(H,42,43);/q;+1/p-1/t28-,29-;/m1./s1. The van der Waals surface area contributed by atoms with E-state index in [1.54, 1.807) is 42.5 Å². The molecule has 0 aliphatic carbocycles. The minimum atomic E-state index is -1.43. The predicted molar refractivity (Wildman–Crippen MR) is 163 cm³/mol. The molecule has 1 heterocycles. The third-order valence-corrected chi connectivity index (χ3v) is 7.10. The molecule has 3 aromatic carbocycles. The zero-order valence-corrected chi connectivity index (χ0v) is 27.4. The van der Waals surface area contributed by atoms with Gasteiger partial charge in [-0.05, 0) is 60.9 Å². The second-order valence-electron chi connectivity index (χ2n) is 10.7. The number of carboxylic acids is 1. The number of aromatic nitrogens is 1. The summed E-state index contributed by atoms with van der Waals surface area (Å²) in [6, 6.07) is 24.0. The monoisotopic (exact) mass is 617 g/mol. The van der Waals surface area contributed by atoms with Crippen molar-refractivity contribution in [3.05, 3.63) is 113 Å². The Labute approximate surface area is 283 Å². The summed E-state index contributed by atoms with van der Waals surface area (Å²) in [5, 5.41) is 43.6. The van der Waals surface area contributed by atoms with Crippen LogP contribution in [0.5, 0.6) is 0 Å². The molecule has 0 unspecified atom stereocenters. The molecule has 1 aromatic heterocycles. The van der Waals surface area contributed by atoms with Gasteiger partial charge in [-0.3, -0.25) is 4.79 Å². The first-order chi connectivity index (χ1) is 21.1. The number of halogens is 1. The number of carbonyl (C=O) groups is 2. The van der Waals surface area contributed by atoms with Gasteiger partial charge in [-0.15, -0.1) is 0 Å². The van der Waals surface area contributed by atoms with E-state index in [2.05, 4.69) is 11.4 Å². The number of benzene rings is 3. The molecule has 2 atom stereocenters. The Kier molecular flexibility index (Phi) is 12.9. The van der Waals surface area contributed by atoms with Crippen LogP contribution in [0.25, 0.3) is 28.3 Å². The van der Waals surface area contributed by atoms with Crippen LogP contribution in [-0.2, 0) is 11.3 Å². The van der Waals surface area contributed by atoms with Crippen LogP contribution in [-0.4, -0.2) is 38.9 Å². The van der Waals surface area contributed by atoms with Crippen molar-refractivity contribution in [1.29, 1.82) is 5.26 Å². The SMILES string of the molecule is CC(C)n1c(C=C[C@@H](O)C[C@@H](O)CC(=O)[O-])c(-c2ccc(F)cc2)c(-c2ccccc2)c1C(=O)NCc1ccc(C#N)cc1.[Na+]. The Morgan fingerprint density at radius 2 is 1.60 bits per heavy atom. The van der Waals surface area contributed by atoms with E-state index in [9.17, 15) is 29.3 Å². The van der Waals surface area contributed by atoms with Crippen LogP contribution >= 0.6 is 0 Å². The minimum Gasteiger partial charge on any atom is -0.550 e. The molecule has 10 heteroatoms. The van der Waals surface area contributed by atoms with Gasteiger partial charge in [0, 0.05) is 48.2 Å². The van der Waals surface area contributed by atoms with Gasteiger partial charge in [-0.25, -0.2) is 4.39 Å². The fourth-order valence-corrected chi connectivity index (χ4v) is 5.12. The number of hydrogen-bond donors (Lipinski definition) is 3. The second kappa shape index (κ2) is 16.3. The molecule has 0 radical (unpaired) electrons. The van der Waals surface area contributed by atoms with Crippen molar-refractivity contribution in [3.63, 3.8) is 0 Å². The Morgan fingerprint density at radius 1 is 0.978 bits per heavy atom. The van der Waals surface area contributed by atoms with Crippen LogP contribution in [0.3, 0.4) is 0 Å². The summed E-state index contributed by atoms with van der Waals surface area (Å²) < 4.78 is 15.9. The van der Waals surface area contributed by atoms with E-state index >= 15 is 0 Å². The summed E-state index contributed by atoms with van der Waals surface area (Å²) in [5.74, 6) is -2.21. The average molecular weight is 618 g/mol. The summed E-state index contributed by atoms with van der Waals surface area (Å²) in [7, 11) is 0. The molecule has 0 saturated carbocycles. The molecule has 4 aromatic rings. The van der Waals surface area contributed by atoms with Crippen molar-refractivity contribution in [2.45, 2.75) is 51.5 Å². The number of amides is 1. The molecule has 0 aliphatic heterocycles. The maximum absolute atomic E-state index is 14.1. The van der Waals surface area contributed by atoms with Crippen LogP contribution in [0, 0.1) is 17.1 Å². The molecular formula is C35H33FN3NaO5. The van der Waals surface area contributed by atoms with E-state index in [-0.39, 0.29) is 54.5 Å². The Morgan fingerprint density at radius 3 is 2.18 bits per heavy atom. The number of nitriles is 1. The van der Waals surface area contributed by atoms with E-state index in [1.807, 2.05) is 48.7 Å². The maximum atomic E-state index is 14.1. The minimum absolute atomic E-state index is 0. The first-order valence-corrected chi connectivity index (χ1v) is 14.2. The first-order valence-electron chi connectivity index (χ1n) is 14.2. The number of nitrogens with one attached hydrogen (secondary N) is 1. The maximum Gasteiger partial charge on any atom is 1.00 e. The normalized spacial score (nSPS) is 12.4. The summed E-state index contributed by atoms with van der Waals surface area (Å²) in [6.45, 7) is 4.03.